The van der Waals surface area contributed by atoms with Crippen LogP contribution in [0.4, 0.5) is 0 Å². The summed E-state index contributed by atoms with van der Waals surface area (Å²) in [4.78, 5) is 11.6. The number of carbonyl (C=O) groups excluding carboxylic acids is 1. The van der Waals surface area contributed by atoms with Crippen molar-refractivity contribution < 1.29 is 9.53 Å². The summed E-state index contributed by atoms with van der Waals surface area (Å²) in [6.07, 6.45) is -0.520. The maximum Gasteiger partial charge on any atom is 0.274 e. The van der Waals surface area contributed by atoms with Gasteiger partial charge in [0.1, 0.15) is 5.75 Å². The molecule has 1 unspecified atom stereocenters. The molecule has 0 saturated heterocycles. The Morgan fingerprint density at radius 3 is 2.38 bits per heavy atom. The van der Waals surface area contributed by atoms with Gasteiger partial charge in [0.05, 0.1) is 0 Å². The van der Waals surface area contributed by atoms with Gasteiger partial charge in [-0.3, -0.25) is 10.2 Å². The molecular weight excluding hydrogens is 204 g/mol. The van der Waals surface area contributed by atoms with Crippen molar-refractivity contribution in [2.24, 2.45) is 0 Å². The second-order valence-electron chi connectivity index (χ2n) is 3.86. The first-order valence-electron chi connectivity index (χ1n) is 5.36. The normalized spacial score (nSPS) is 12.2. The van der Waals surface area contributed by atoms with Gasteiger partial charge in [0.2, 0.25) is 0 Å². The van der Waals surface area contributed by atoms with E-state index in [1.54, 1.807) is 6.92 Å². The molecule has 0 aliphatic rings. The largest absolute Gasteiger partial charge is 0.481 e. The maximum absolute atomic E-state index is 11.6. The molecule has 0 spiro atoms. The van der Waals surface area contributed by atoms with Crippen molar-refractivity contribution in [1.29, 1.82) is 0 Å². The highest BCUT2D eigenvalue weighted by molar-refractivity contribution is 5.80. The molecule has 1 atom stereocenters. The summed E-state index contributed by atoms with van der Waals surface area (Å²) >= 11 is 0. The van der Waals surface area contributed by atoms with Crippen LogP contribution < -0.4 is 15.6 Å². The summed E-state index contributed by atoms with van der Waals surface area (Å²) in [6.45, 7) is 5.61. The molecule has 1 amide bonds. The van der Waals surface area contributed by atoms with E-state index in [1.165, 1.54) is 0 Å². The summed E-state index contributed by atoms with van der Waals surface area (Å²) in [5.41, 5.74) is 5.42. The summed E-state index contributed by atoms with van der Waals surface area (Å²) in [5, 5.41) is 0. The summed E-state index contributed by atoms with van der Waals surface area (Å²) in [6, 6.07) is 9.48. The van der Waals surface area contributed by atoms with Gasteiger partial charge in [-0.15, -0.1) is 0 Å². The van der Waals surface area contributed by atoms with Crippen LogP contribution in [0.2, 0.25) is 0 Å². The first kappa shape index (κ1) is 12.5. The Morgan fingerprint density at radius 1 is 1.19 bits per heavy atom. The van der Waals surface area contributed by atoms with E-state index in [9.17, 15) is 4.79 Å². The Bertz CT molecular complexity index is 325. The predicted octanol–water partition coefficient (Wildman–Crippen LogP) is 1.48. The summed E-state index contributed by atoms with van der Waals surface area (Å²) in [7, 11) is 0. The average molecular weight is 222 g/mol. The van der Waals surface area contributed by atoms with Crippen LogP contribution in [-0.2, 0) is 4.79 Å². The Morgan fingerprint density at radius 2 is 1.81 bits per heavy atom. The van der Waals surface area contributed by atoms with E-state index in [4.69, 9.17) is 4.74 Å². The average Bonchev–Trinajstić information content (AvgIpc) is 2.27. The van der Waals surface area contributed by atoms with Crippen molar-refractivity contribution in [2.45, 2.75) is 32.9 Å². The Labute approximate surface area is 96.0 Å². The van der Waals surface area contributed by atoms with Crippen molar-refractivity contribution in [1.82, 2.24) is 10.9 Å². The molecule has 88 valence electrons. The third kappa shape index (κ3) is 4.31. The standard InChI is InChI=1S/C12H18N2O2/c1-9(2)13-14-12(15)10(3)16-11-7-5-4-6-8-11/h4-10,13H,1-3H3,(H,14,15). The fraction of sp³-hybridized carbons (Fsp3) is 0.417. The van der Waals surface area contributed by atoms with Gasteiger partial charge < -0.3 is 4.74 Å². The van der Waals surface area contributed by atoms with E-state index in [0.29, 0.717) is 5.75 Å². The van der Waals surface area contributed by atoms with Crippen LogP contribution in [0.15, 0.2) is 30.3 Å². The second kappa shape index (κ2) is 6.12. The molecule has 2 N–H and O–H groups in total. The number of para-hydroxylation sites is 1. The molecule has 1 aromatic rings. The van der Waals surface area contributed by atoms with Gasteiger partial charge in [0.25, 0.3) is 5.91 Å². The molecule has 0 bridgehead atoms. The van der Waals surface area contributed by atoms with Gasteiger partial charge in [-0.2, -0.15) is 0 Å². The van der Waals surface area contributed by atoms with E-state index in [-0.39, 0.29) is 11.9 Å². The number of hydrazine groups is 1. The van der Waals surface area contributed by atoms with Crippen LogP contribution in [-0.4, -0.2) is 18.1 Å². The first-order chi connectivity index (χ1) is 7.59. The molecule has 16 heavy (non-hydrogen) atoms. The van der Waals surface area contributed by atoms with Gasteiger partial charge in [0, 0.05) is 6.04 Å². The Kier molecular flexibility index (Phi) is 4.79. The van der Waals surface area contributed by atoms with Gasteiger partial charge in [-0.25, -0.2) is 5.43 Å². The highest BCUT2D eigenvalue weighted by Gasteiger charge is 2.13. The molecule has 4 nitrogen and oxygen atoms in total. The van der Waals surface area contributed by atoms with E-state index in [2.05, 4.69) is 10.9 Å². The number of nitrogens with one attached hydrogen (secondary N) is 2. The number of hydrogen-bond donors (Lipinski definition) is 2. The van der Waals surface area contributed by atoms with Crippen molar-refractivity contribution >= 4 is 5.91 Å². The van der Waals surface area contributed by atoms with Crippen LogP contribution >= 0.6 is 0 Å². The fourth-order valence-corrected chi connectivity index (χ4v) is 1.07. The van der Waals surface area contributed by atoms with Gasteiger partial charge >= 0.3 is 0 Å². The molecule has 1 aromatic carbocycles. The number of hydrogen-bond acceptors (Lipinski definition) is 3. The minimum absolute atomic E-state index is 0.183. The molecule has 0 aliphatic heterocycles. The second-order valence-corrected chi connectivity index (χ2v) is 3.86. The van der Waals surface area contributed by atoms with Crippen molar-refractivity contribution in [2.75, 3.05) is 0 Å². The first-order valence-corrected chi connectivity index (χ1v) is 5.36. The smallest absolute Gasteiger partial charge is 0.274 e. The van der Waals surface area contributed by atoms with Crippen LogP contribution in [0.25, 0.3) is 0 Å². The zero-order valence-electron chi connectivity index (χ0n) is 9.86. The molecule has 1 rings (SSSR count). The molecule has 0 radical (unpaired) electrons. The lowest BCUT2D eigenvalue weighted by Gasteiger charge is -2.16. The molecule has 4 heteroatoms. The minimum Gasteiger partial charge on any atom is -0.481 e. The van der Waals surface area contributed by atoms with Crippen LogP contribution in [0, 0.1) is 0 Å². The van der Waals surface area contributed by atoms with Gasteiger partial charge in [0.15, 0.2) is 6.10 Å². The van der Waals surface area contributed by atoms with Gasteiger partial charge in [-0.1, -0.05) is 18.2 Å². The summed E-state index contributed by atoms with van der Waals surface area (Å²) in [5.74, 6) is 0.507. The SMILES string of the molecule is CC(C)NNC(=O)C(C)Oc1ccccc1. The number of rotatable bonds is 5. The number of amides is 1. The van der Waals surface area contributed by atoms with E-state index in [1.807, 2.05) is 44.2 Å². The molecule has 0 aliphatic carbocycles. The lowest BCUT2D eigenvalue weighted by molar-refractivity contribution is -0.128. The highest BCUT2D eigenvalue weighted by Crippen LogP contribution is 2.10. The van der Waals surface area contributed by atoms with Crippen molar-refractivity contribution in [3.63, 3.8) is 0 Å². The number of benzene rings is 1. The van der Waals surface area contributed by atoms with E-state index < -0.39 is 6.10 Å². The Hall–Kier alpha value is -1.55. The van der Waals surface area contributed by atoms with E-state index in [0.717, 1.165) is 0 Å². The monoisotopic (exact) mass is 222 g/mol. The number of carbonyl (C=O) groups is 1. The lowest BCUT2D eigenvalue weighted by atomic mass is 10.3. The third-order valence-electron chi connectivity index (χ3n) is 1.91. The molecule has 0 aromatic heterocycles. The summed E-state index contributed by atoms with van der Waals surface area (Å²) < 4.78 is 5.46. The molecule has 0 saturated carbocycles. The van der Waals surface area contributed by atoms with Gasteiger partial charge in [-0.05, 0) is 32.9 Å². The topological polar surface area (TPSA) is 50.4 Å². The predicted molar refractivity (Wildman–Crippen MR) is 62.9 cm³/mol. The maximum atomic E-state index is 11.6. The minimum atomic E-state index is -0.520. The zero-order chi connectivity index (χ0) is 12.0. The lowest BCUT2D eigenvalue weighted by Crippen LogP contribution is -2.47. The molecular formula is C12H18N2O2. The quantitative estimate of drug-likeness (QED) is 0.742. The third-order valence-corrected chi connectivity index (χ3v) is 1.91. The number of ether oxygens (including phenoxy) is 1. The molecule has 0 heterocycles. The van der Waals surface area contributed by atoms with Crippen LogP contribution in [0.3, 0.4) is 0 Å². The molecule has 0 fully saturated rings. The Balaban J connectivity index is 2.40. The van der Waals surface area contributed by atoms with E-state index >= 15 is 0 Å². The van der Waals surface area contributed by atoms with Crippen molar-refractivity contribution in [3.05, 3.63) is 30.3 Å². The van der Waals surface area contributed by atoms with Crippen molar-refractivity contribution in [3.8, 4) is 5.75 Å². The fourth-order valence-electron chi connectivity index (χ4n) is 1.07. The zero-order valence-corrected chi connectivity index (χ0v) is 9.86. The highest BCUT2D eigenvalue weighted by atomic mass is 16.5. The van der Waals surface area contributed by atoms with Crippen LogP contribution in [0.5, 0.6) is 5.75 Å². The van der Waals surface area contributed by atoms with Crippen LogP contribution in [0.1, 0.15) is 20.8 Å².